The van der Waals surface area contributed by atoms with Gasteiger partial charge in [-0.2, -0.15) is 0 Å². The van der Waals surface area contributed by atoms with Crippen LogP contribution in [0.5, 0.6) is 0 Å². The molecule has 0 saturated heterocycles. The van der Waals surface area contributed by atoms with Gasteiger partial charge in [-0.25, -0.2) is 0 Å². The Bertz CT molecular complexity index is 436. The average molecular weight is 324 g/mol. The van der Waals surface area contributed by atoms with Crippen LogP contribution in [0.25, 0.3) is 11.1 Å². The Hall–Kier alpha value is -0.0400. The smallest absolute Gasteiger partial charge is 0.0622 e. The largest absolute Gasteiger partial charge is 0.202 e. The zero-order chi connectivity index (χ0) is 12.7. The van der Waals surface area contributed by atoms with Crippen LogP contribution >= 0.6 is 37.8 Å². The van der Waals surface area contributed by atoms with Crippen LogP contribution in [0.4, 0.5) is 0 Å². The Morgan fingerprint density at radius 2 is 0.882 bits per heavy atom. The SMILES string of the molecule is S=P(Cl)(Cl)Cl.c1ccc(-c2ccccc2)cc1. The van der Waals surface area contributed by atoms with E-state index in [1.54, 1.807) is 0 Å². The maximum atomic E-state index is 4.99. The fraction of sp³-hybridized carbons (Fsp3) is 0. The lowest BCUT2D eigenvalue weighted by Gasteiger charge is -1.98. The molecule has 0 unspecified atom stereocenters. The molecule has 2 aromatic carbocycles. The molecule has 0 N–H and O–H groups in total. The van der Waals surface area contributed by atoms with Crippen molar-refractivity contribution >= 4 is 49.6 Å². The van der Waals surface area contributed by atoms with Crippen molar-refractivity contribution in [2.75, 3.05) is 0 Å². The summed E-state index contributed by atoms with van der Waals surface area (Å²) >= 11 is 19.2. The normalized spacial score (nSPS) is 10.3. The summed E-state index contributed by atoms with van der Waals surface area (Å²) in [5, 5.41) is 0. The molecular formula is C12H10Cl3PS. The van der Waals surface area contributed by atoms with Gasteiger partial charge in [-0.15, -0.1) is 0 Å². The van der Waals surface area contributed by atoms with Crippen molar-refractivity contribution in [1.29, 1.82) is 0 Å². The molecule has 0 spiro atoms. The predicted octanol–water partition coefficient (Wildman–Crippen LogP) is 6.28. The van der Waals surface area contributed by atoms with Gasteiger partial charge in [0, 0.05) is 0 Å². The molecule has 2 rings (SSSR count). The molecule has 0 aliphatic heterocycles. The minimum atomic E-state index is -2.39. The van der Waals surface area contributed by atoms with Crippen molar-refractivity contribution in [3.05, 3.63) is 60.7 Å². The Kier molecular flexibility index (Phi) is 6.54. The van der Waals surface area contributed by atoms with Gasteiger partial charge in [0.25, 0.3) is 0 Å². The molecule has 0 aromatic heterocycles. The summed E-state index contributed by atoms with van der Waals surface area (Å²) in [6.45, 7) is 0. The van der Waals surface area contributed by atoms with Gasteiger partial charge in [0.05, 0.1) is 0 Å². The molecule has 0 radical (unpaired) electrons. The van der Waals surface area contributed by atoms with Gasteiger partial charge in [-0.3, -0.25) is 0 Å². The molecule has 0 nitrogen and oxygen atoms in total. The van der Waals surface area contributed by atoms with Crippen molar-refractivity contribution in [3.8, 4) is 11.1 Å². The van der Waals surface area contributed by atoms with E-state index in [9.17, 15) is 0 Å². The van der Waals surface area contributed by atoms with Crippen LogP contribution < -0.4 is 0 Å². The van der Waals surface area contributed by atoms with E-state index in [0.29, 0.717) is 0 Å². The molecule has 0 aliphatic carbocycles. The summed E-state index contributed by atoms with van der Waals surface area (Å²) in [6, 6.07) is 20.8. The van der Waals surface area contributed by atoms with E-state index in [1.165, 1.54) is 11.1 Å². The summed E-state index contributed by atoms with van der Waals surface area (Å²) < 4.78 is -2.39. The summed E-state index contributed by atoms with van der Waals surface area (Å²) in [4.78, 5) is 0. The van der Waals surface area contributed by atoms with Gasteiger partial charge in [0.1, 0.15) is 0 Å². The van der Waals surface area contributed by atoms with Gasteiger partial charge < -0.3 is 0 Å². The van der Waals surface area contributed by atoms with E-state index in [1.807, 2.05) is 12.1 Å². The molecule has 0 heterocycles. The average Bonchev–Trinajstić information content (AvgIpc) is 2.29. The van der Waals surface area contributed by atoms with E-state index in [4.69, 9.17) is 33.7 Å². The van der Waals surface area contributed by atoms with E-state index < -0.39 is 4.10 Å². The molecule has 0 aliphatic rings. The maximum absolute atomic E-state index is 4.99. The van der Waals surface area contributed by atoms with E-state index in [0.717, 1.165) is 0 Å². The number of hydrogen-bond donors (Lipinski definition) is 0. The van der Waals surface area contributed by atoms with Crippen LogP contribution in [-0.4, -0.2) is 0 Å². The second-order valence-electron chi connectivity index (χ2n) is 3.13. The highest BCUT2D eigenvalue weighted by Gasteiger charge is 1.95. The molecule has 0 bridgehead atoms. The van der Waals surface area contributed by atoms with Crippen LogP contribution in [0.15, 0.2) is 60.7 Å². The molecule has 17 heavy (non-hydrogen) atoms. The van der Waals surface area contributed by atoms with Gasteiger partial charge in [0.2, 0.25) is 4.10 Å². The van der Waals surface area contributed by atoms with Crippen molar-refractivity contribution in [2.24, 2.45) is 0 Å². The van der Waals surface area contributed by atoms with Crippen LogP contribution in [0.2, 0.25) is 0 Å². The van der Waals surface area contributed by atoms with Crippen molar-refractivity contribution in [3.63, 3.8) is 0 Å². The monoisotopic (exact) mass is 322 g/mol. The Balaban J connectivity index is 0.000000249. The highest BCUT2D eigenvalue weighted by molar-refractivity contribution is 8.50. The van der Waals surface area contributed by atoms with Gasteiger partial charge in [-0.1, -0.05) is 94.4 Å². The lowest BCUT2D eigenvalue weighted by molar-refractivity contribution is 1.62. The first-order chi connectivity index (χ1) is 7.97. The minimum Gasteiger partial charge on any atom is -0.0622 e. The Labute approximate surface area is 121 Å². The number of benzene rings is 2. The van der Waals surface area contributed by atoms with E-state index >= 15 is 0 Å². The van der Waals surface area contributed by atoms with Crippen LogP contribution in [0.3, 0.4) is 0 Å². The molecule has 0 fully saturated rings. The summed E-state index contributed by atoms with van der Waals surface area (Å²) in [5.41, 5.74) is 2.55. The maximum Gasteiger partial charge on any atom is 0.202 e. The minimum absolute atomic E-state index is 1.28. The zero-order valence-corrected chi connectivity index (χ0v) is 12.7. The van der Waals surface area contributed by atoms with E-state index in [-0.39, 0.29) is 0 Å². The first-order valence-corrected chi connectivity index (χ1v) is 10.3. The molecule has 90 valence electrons. The molecular weight excluding hydrogens is 314 g/mol. The van der Waals surface area contributed by atoms with Gasteiger partial charge in [-0.05, 0) is 22.9 Å². The highest BCUT2D eigenvalue weighted by Crippen LogP contribution is 2.61. The highest BCUT2D eigenvalue weighted by atomic mass is 36.1. The van der Waals surface area contributed by atoms with Crippen molar-refractivity contribution in [2.45, 2.75) is 0 Å². The fourth-order valence-electron chi connectivity index (χ4n) is 1.26. The number of hydrogen-bond acceptors (Lipinski definition) is 1. The third-order valence-corrected chi connectivity index (χ3v) is 1.88. The molecule has 2 aromatic rings. The number of halogens is 3. The first-order valence-electron chi connectivity index (χ1n) is 4.76. The van der Waals surface area contributed by atoms with Crippen molar-refractivity contribution in [1.82, 2.24) is 0 Å². The standard InChI is InChI=1S/C12H10.Cl3PS/c1-3-7-11(8-4-1)12-9-5-2-6-10-12;1-4(2,3)5/h1-10H;. The van der Waals surface area contributed by atoms with Crippen molar-refractivity contribution < 1.29 is 0 Å². The zero-order valence-electron chi connectivity index (χ0n) is 8.76. The summed E-state index contributed by atoms with van der Waals surface area (Å²) in [7, 11) is 0. The molecule has 0 amide bonds. The Morgan fingerprint density at radius 3 is 1.12 bits per heavy atom. The number of rotatable bonds is 1. The molecule has 0 saturated carbocycles. The second kappa shape index (κ2) is 7.41. The van der Waals surface area contributed by atoms with Gasteiger partial charge in [0.15, 0.2) is 0 Å². The third kappa shape index (κ3) is 7.81. The first kappa shape index (κ1) is 15.0. The summed E-state index contributed by atoms with van der Waals surface area (Å²) in [6.07, 6.45) is 0. The quantitative estimate of drug-likeness (QED) is 0.556. The van der Waals surface area contributed by atoms with E-state index in [2.05, 4.69) is 60.3 Å². The lowest BCUT2D eigenvalue weighted by Crippen LogP contribution is -1.73. The lowest BCUT2D eigenvalue weighted by atomic mass is 10.1. The third-order valence-electron chi connectivity index (χ3n) is 1.88. The van der Waals surface area contributed by atoms with Crippen LogP contribution in [0.1, 0.15) is 0 Å². The predicted molar refractivity (Wildman–Crippen MR) is 83.7 cm³/mol. The second-order valence-corrected chi connectivity index (χ2v) is 13.5. The summed E-state index contributed by atoms with van der Waals surface area (Å²) in [5.74, 6) is 0. The molecule has 0 atom stereocenters. The molecule has 5 heteroatoms. The van der Waals surface area contributed by atoms with Gasteiger partial charge >= 0.3 is 0 Å². The van der Waals surface area contributed by atoms with Crippen LogP contribution in [-0.2, 0) is 11.8 Å². The topological polar surface area (TPSA) is 0 Å². The van der Waals surface area contributed by atoms with Crippen LogP contribution in [0, 0.1) is 0 Å². The Morgan fingerprint density at radius 1 is 0.647 bits per heavy atom. The fourth-order valence-corrected chi connectivity index (χ4v) is 1.26.